The molecular weight excluding hydrogens is 212 g/mol. The van der Waals surface area contributed by atoms with Crippen LogP contribution in [0, 0.1) is 0 Å². The molecule has 0 saturated carbocycles. The quantitative estimate of drug-likeness (QED) is 0.860. The van der Waals surface area contributed by atoms with Gasteiger partial charge in [0.25, 0.3) is 0 Å². The van der Waals surface area contributed by atoms with Crippen molar-refractivity contribution in [3.8, 4) is 0 Å². The average Bonchev–Trinajstić information content (AvgIpc) is 2.96. The van der Waals surface area contributed by atoms with E-state index in [1.165, 1.54) is 17.0 Å². The Morgan fingerprint density at radius 2 is 2.06 bits per heavy atom. The summed E-state index contributed by atoms with van der Waals surface area (Å²) < 4.78 is 2.13. The number of nitrogens with zero attached hydrogens (tertiary/aromatic N) is 3. The monoisotopic (exact) mass is 232 g/mol. The number of hydrogen-bond acceptors (Lipinski definition) is 2. The molecule has 0 aliphatic heterocycles. The van der Waals surface area contributed by atoms with Gasteiger partial charge in [0.1, 0.15) is 0 Å². The van der Waals surface area contributed by atoms with Gasteiger partial charge in [0.15, 0.2) is 0 Å². The van der Waals surface area contributed by atoms with E-state index in [1.54, 1.807) is 6.33 Å². The zero-order valence-corrected chi connectivity index (χ0v) is 10.8. The highest BCUT2D eigenvalue weighted by molar-refractivity contribution is 5.30. The third kappa shape index (κ3) is 2.25. The molecule has 4 heteroatoms. The lowest BCUT2D eigenvalue weighted by atomic mass is 10.0. The summed E-state index contributed by atoms with van der Waals surface area (Å²) in [5.41, 5.74) is 5.11. The highest BCUT2D eigenvalue weighted by atomic mass is 15.3. The first-order chi connectivity index (χ1) is 8.30. The van der Waals surface area contributed by atoms with Crippen LogP contribution >= 0.6 is 0 Å². The normalized spacial score (nSPS) is 11.0. The van der Waals surface area contributed by atoms with E-state index >= 15 is 0 Å². The molecule has 0 fully saturated rings. The maximum Gasteiger partial charge on any atom is 0.0921 e. The Kier molecular flexibility index (Phi) is 3.61. The van der Waals surface area contributed by atoms with Crippen LogP contribution < -0.4 is 0 Å². The fourth-order valence-corrected chi connectivity index (χ4v) is 2.31. The van der Waals surface area contributed by atoms with Gasteiger partial charge in [-0.25, -0.2) is 4.98 Å². The third-order valence-electron chi connectivity index (χ3n) is 3.14. The minimum Gasteiger partial charge on any atom is -0.348 e. The van der Waals surface area contributed by atoms with Crippen molar-refractivity contribution < 1.29 is 0 Å². The molecule has 17 heavy (non-hydrogen) atoms. The van der Waals surface area contributed by atoms with Crippen molar-refractivity contribution in [2.45, 2.75) is 46.6 Å². The van der Waals surface area contributed by atoms with Gasteiger partial charge in [0, 0.05) is 36.1 Å². The van der Waals surface area contributed by atoms with Crippen molar-refractivity contribution in [1.82, 2.24) is 19.7 Å². The number of aromatic amines is 1. The molecule has 2 aromatic rings. The molecule has 0 saturated heterocycles. The number of imidazole rings is 1. The van der Waals surface area contributed by atoms with Gasteiger partial charge in [-0.05, 0) is 19.8 Å². The van der Waals surface area contributed by atoms with Crippen LogP contribution in [-0.4, -0.2) is 19.7 Å². The van der Waals surface area contributed by atoms with Crippen LogP contribution in [0.25, 0.3) is 0 Å². The molecule has 1 N–H and O–H groups in total. The highest BCUT2D eigenvalue weighted by Gasteiger charge is 2.15. The van der Waals surface area contributed by atoms with Crippen LogP contribution in [0.4, 0.5) is 0 Å². The molecule has 0 aliphatic rings. The molecule has 0 radical (unpaired) electrons. The van der Waals surface area contributed by atoms with E-state index in [0.29, 0.717) is 0 Å². The molecule has 4 nitrogen and oxygen atoms in total. The number of rotatable bonds is 5. The van der Waals surface area contributed by atoms with Crippen LogP contribution in [-0.2, 0) is 25.8 Å². The van der Waals surface area contributed by atoms with Crippen LogP contribution in [0.2, 0.25) is 0 Å². The van der Waals surface area contributed by atoms with Gasteiger partial charge in [-0.15, -0.1) is 0 Å². The number of hydrogen-bond donors (Lipinski definition) is 1. The van der Waals surface area contributed by atoms with E-state index in [-0.39, 0.29) is 0 Å². The smallest absolute Gasteiger partial charge is 0.0921 e. The summed E-state index contributed by atoms with van der Waals surface area (Å²) in [5.74, 6) is 0. The SMILES string of the molecule is CCc1nn(CC)c(CC)c1Cc1cnc[nH]1. The molecule has 0 atom stereocenters. The van der Waals surface area contributed by atoms with Crippen molar-refractivity contribution in [2.24, 2.45) is 0 Å². The van der Waals surface area contributed by atoms with Crippen molar-refractivity contribution in [1.29, 1.82) is 0 Å². The molecule has 0 aliphatic carbocycles. The van der Waals surface area contributed by atoms with Gasteiger partial charge in [-0.3, -0.25) is 4.68 Å². The van der Waals surface area contributed by atoms with E-state index in [4.69, 9.17) is 0 Å². The lowest BCUT2D eigenvalue weighted by Crippen LogP contribution is -2.03. The molecule has 2 heterocycles. The second-order valence-electron chi connectivity index (χ2n) is 4.15. The van der Waals surface area contributed by atoms with Gasteiger partial charge < -0.3 is 4.98 Å². The summed E-state index contributed by atoms with van der Waals surface area (Å²) in [6.07, 6.45) is 6.55. The van der Waals surface area contributed by atoms with Gasteiger partial charge in [-0.2, -0.15) is 5.10 Å². The highest BCUT2D eigenvalue weighted by Crippen LogP contribution is 2.19. The molecule has 0 bridgehead atoms. The summed E-state index contributed by atoms with van der Waals surface area (Å²) in [4.78, 5) is 7.24. The van der Waals surface area contributed by atoms with E-state index < -0.39 is 0 Å². The Morgan fingerprint density at radius 3 is 2.59 bits per heavy atom. The van der Waals surface area contributed by atoms with Crippen LogP contribution in [0.15, 0.2) is 12.5 Å². The second-order valence-corrected chi connectivity index (χ2v) is 4.15. The summed E-state index contributed by atoms with van der Waals surface area (Å²) in [5, 5.41) is 4.68. The largest absolute Gasteiger partial charge is 0.348 e. The lowest BCUT2D eigenvalue weighted by Gasteiger charge is -2.04. The molecule has 92 valence electrons. The number of aryl methyl sites for hydroxylation is 2. The number of H-pyrrole nitrogens is 1. The molecule has 0 spiro atoms. The first-order valence-electron chi connectivity index (χ1n) is 6.34. The van der Waals surface area contributed by atoms with Gasteiger partial charge in [-0.1, -0.05) is 13.8 Å². The van der Waals surface area contributed by atoms with Crippen LogP contribution in [0.1, 0.15) is 43.4 Å². The van der Waals surface area contributed by atoms with Gasteiger partial charge >= 0.3 is 0 Å². The molecule has 0 aromatic carbocycles. The summed E-state index contributed by atoms with van der Waals surface area (Å²) >= 11 is 0. The zero-order valence-electron chi connectivity index (χ0n) is 10.8. The van der Waals surface area contributed by atoms with Gasteiger partial charge in [0.05, 0.1) is 12.0 Å². The standard InChI is InChI=1S/C13H20N4/c1-4-12-11(7-10-8-14-9-15-10)13(5-2)17(6-3)16-12/h8-9H,4-7H2,1-3H3,(H,14,15). The Balaban J connectivity index is 2.39. The predicted molar refractivity (Wildman–Crippen MR) is 68.1 cm³/mol. The molecule has 2 aromatic heterocycles. The Labute approximate surface area is 102 Å². The first-order valence-corrected chi connectivity index (χ1v) is 6.34. The summed E-state index contributed by atoms with van der Waals surface area (Å²) in [6, 6.07) is 0. The molecule has 0 unspecified atom stereocenters. The molecule has 2 rings (SSSR count). The van der Waals surface area contributed by atoms with Crippen LogP contribution in [0.3, 0.4) is 0 Å². The zero-order chi connectivity index (χ0) is 12.3. The maximum atomic E-state index is 4.68. The van der Waals surface area contributed by atoms with Crippen molar-refractivity contribution in [3.05, 3.63) is 35.2 Å². The Morgan fingerprint density at radius 1 is 1.24 bits per heavy atom. The van der Waals surface area contributed by atoms with Gasteiger partial charge in [0.2, 0.25) is 0 Å². The van der Waals surface area contributed by atoms with E-state index in [0.717, 1.165) is 31.5 Å². The number of aromatic nitrogens is 4. The van der Waals surface area contributed by atoms with Crippen molar-refractivity contribution in [3.63, 3.8) is 0 Å². The Hall–Kier alpha value is -1.58. The fourth-order valence-electron chi connectivity index (χ4n) is 2.31. The maximum absolute atomic E-state index is 4.68. The lowest BCUT2D eigenvalue weighted by molar-refractivity contribution is 0.617. The minimum absolute atomic E-state index is 0.909. The fraction of sp³-hybridized carbons (Fsp3) is 0.538. The summed E-state index contributed by atoms with van der Waals surface area (Å²) in [6.45, 7) is 7.45. The van der Waals surface area contributed by atoms with E-state index in [2.05, 4.69) is 40.5 Å². The molecule has 0 amide bonds. The molecular formula is C13H20N4. The Bertz CT molecular complexity index is 468. The topological polar surface area (TPSA) is 46.5 Å². The number of nitrogens with one attached hydrogen (secondary N) is 1. The van der Waals surface area contributed by atoms with Crippen molar-refractivity contribution >= 4 is 0 Å². The minimum atomic E-state index is 0.909. The summed E-state index contributed by atoms with van der Waals surface area (Å²) in [7, 11) is 0. The average molecular weight is 232 g/mol. The van der Waals surface area contributed by atoms with Crippen LogP contribution in [0.5, 0.6) is 0 Å². The first kappa shape index (κ1) is 11.9. The van der Waals surface area contributed by atoms with E-state index in [1.807, 2.05) is 6.20 Å². The third-order valence-corrected chi connectivity index (χ3v) is 3.14. The predicted octanol–water partition coefficient (Wildman–Crippen LogP) is 2.34. The van der Waals surface area contributed by atoms with Crippen molar-refractivity contribution in [2.75, 3.05) is 0 Å². The second kappa shape index (κ2) is 5.17. The van der Waals surface area contributed by atoms with E-state index in [9.17, 15) is 0 Å².